The Balaban J connectivity index is 1.23. The largest absolute Gasteiger partial charge is 0.462 e. The van der Waals surface area contributed by atoms with Crippen molar-refractivity contribution in [1.82, 2.24) is 5.32 Å². The van der Waals surface area contributed by atoms with Gasteiger partial charge in [-0.15, -0.1) is 0 Å². The molecule has 0 aromatic carbocycles. The summed E-state index contributed by atoms with van der Waals surface area (Å²) < 4.78 is 49.6. The van der Waals surface area contributed by atoms with E-state index in [1.54, 1.807) is 21.3 Å². The molecule has 0 unspecified atom stereocenters. The minimum absolute atomic E-state index is 0.0225. The van der Waals surface area contributed by atoms with Gasteiger partial charge in [0.15, 0.2) is 18.4 Å². The average Bonchev–Trinajstić information content (AvgIpc) is 3.71. The molecule has 3 heterocycles. The molecule has 3 saturated heterocycles. The van der Waals surface area contributed by atoms with Crippen LogP contribution >= 0.6 is 0 Å². The van der Waals surface area contributed by atoms with Gasteiger partial charge < -0.3 is 43.2 Å². The molecule has 1 N–H and O–H groups in total. The summed E-state index contributed by atoms with van der Waals surface area (Å²) in [5, 5.41) is 3.34. The molecular weight excluding hydrogens is 666 g/mol. The highest BCUT2D eigenvalue weighted by atomic mass is 16.7. The second-order valence-corrected chi connectivity index (χ2v) is 16.3. The molecule has 11 heteroatoms. The van der Waals surface area contributed by atoms with Crippen molar-refractivity contribution in [3.63, 3.8) is 0 Å². The highest BCUT2D eigenvalue weighted by Crippen LogP contribution is 2.56. The Bertz CT molecular complexity index is 1300. The summed E-state index contributed by atoms with van der Waals surface area (Å²) in [4.78, 5) is 28.2. The number of rotatable bonds is 9. The summed E-state index contributed by atoms with van der Waals surface area (Å²) in [6.07, 6.45) is 8.51. The molecule has 0 amide bonds. The van der Waals surface area contributed by atoms with E-state index < -0.39 is 12.4 Å². The lowest BCUT2D eigenvalue weighted by atomic mass is 9.67. The molecule has 6 rings (SSSR count). The Morgan fingerprint density at radius 1 is 0.827 bits per heavy atom. The van der Waals surface area contributed by atoms with Crippen molar-refractivity contribution in [2.45, 2.75) is 160 Å². The predicted octanol–water partition coefficient (Wildman–Crippen LogP) is 5.54. The predicted molar refractivity (Wildman–Crippen MR) is 194 cm³/mol. The van der Waals surface area contributed by atoms with Crippen LogP contribution in [0.3, 0.4) is 0 Å². The van der Waals surface area contributed by atoms with Gasteiger partial charge in [-0.3, -0.25) is 9.59 Å². The maximum Gasteiger partial charge on any atom is 0.306 e. The summed E-state index contributed by atoms with van der Waals surface area (Å²) >= 11 is 0. The standard InChI is InChI=1S/C41H65NO10/c1-10-25-12-11-13-34(52-36-15-14-33(42-6)23(4)48-36)22(3)37(44)32-19-30-28(31(32)20-35(43)50-25)16-21(2)27-17-26(18-29(27)30)51-41-40(47-9)39(46-8)38(45-7)24(5)49-41/h16,19,22-31,33-34,36,38-42H,10-15,17-18,20H2,1-9H3/t22-,23-,24+,25+,26+,27-,28+,29+,30-,31+,33+,34+,36+,38+,39-,40-,41+/m1/s1. The van der Waals surface area contributed by atoms with Crippen molar-refractivity contribution in [3.8, 4) is 0 Å². The molecule has 0 radical (unpaired) electrons. The zero-order valence-electron chi connectivity index (χ0n) is 32.9. The molecule has 6 aliphatic rings. The number of hydrogen-bond acceptors (Lipinski definition) is 11. The van der Waals surface area contributed by atoms with Gasteiger partial charge in [-0.1, -0.05) is 31.6 Å². The fourth-order valence-corrected chi connectivity index (χ4v) is 10.5. The van der Waals surface area contributed by atoms with Gasteiger partial charge in [-0.25, -0.2) is 0 Å². The van der Waals surface area contributed by atoms with Crippen LogP contribution < -0.4 is 5.32 Å². The summed E-state index contributed by atoms with van der Waals surface area (Å²) in [7, 11) is 6.95. The Hall–Kier alpha value is -1.70. The van der Waals surface area contributed by atoms with E-state index in [0.29, 0.717) is 12.3 Å². The van der Waals surface area contributed by atoms with Crippen LogP contribution in [0.5, 0.6) is 0 Å². The first-order valence-electron chi connectivity index (χ1n) is 20.0. The monoisotopic (exact) mass is 731 g/mol. The number of allylic oxidation sites excluding steroid dienone is 4. The smallest absolute Gasteiger partial charge is 0.306 e. The molecule has 11 nitrogen and oxygen atoms in total. The third-order valence-corrected chi connectivity index (χ3v) is 13.4. The van der Waals surface area contributed by atoms with E-state index in [9.17, 15) is 9.59 Å². The number of ether oxygens (including phenoxy) is 8. The second-order valence-electron chi connectivity index (χ2n) is 16.3. The van der Waals surface area contributed by atoms with E-state index in [2.05, 4.69) is 38.2 Å². The van der Waals surface area contributed by atoms with Gasteiger partial charge in [0.05, 0.1) is 30.8 Å². The van der Waals surface area contributed by atoms with E-state index in [1.807, 2.05) is 20.9 Å². The van der Waals surface area contributed by atoms with Crippen molar-refractivity contribution in [2.24, 2.45) is 35.5 Å². The molecule has 0 bridgehead atoms. The Labute approximate surface area is 311 Å². The molecule has 0 spiro atoms. The van der Waals surface area contributed by atoms with Crippen LogP contribution in [-0.4, -0.2) is 108 Å². The molecule has 294 valence electrons. The van der Waals surface area contributed by atoms with Gasteiger partial charge in [0.2, 0.25) is 0 Å². The number of carbonyl (C=O) groups is 2. The quantitative estimate of drug-likeness (QED) is 0.238. The number of Topliss-reactive ketones (excluding diaryl/α,β-unsaturated/α-hetero) is 1. The number of ketones is 1. The topological polar surface area (TPSA) is 120 Å². The molecular formula is C41H65NO10. The Morgan fingerprint density at radius 2 is 1.58 bits per heavy atom. The van der Waals surface area contributed by atoms with Gasteiger partial charge >= 0.3 is 5.97 Å². The number of carbonyl (C=O) groups excluding carboxylic acids is 2. The number of hydrogen-bond donors (Lipinski definition) is 1. The Kier molecular flexibility index (Phi) is 13.4. The summed E-state index contributed by atoms with van der Waals surface area (Å²) in [6.45, 7) is 10.3. The van der Waals surface area contributed by atoms with Crippen LogP contribution in [0, 0.1) is 35.5 Å². The fourth-order valence-electron chi connectivity index (χ4n) is 10.5. The molecule has 0 aromatic heterocycles. The number of nitrogens with one attached hydrogen (secondary N) is 1. The third-order valence-electron chi connectivity index (χ3n) is 13.4. The summed E-state index contributed by atoms with van der Waals surface area (Å²) in [5.74, 6) is 0.00809. The van der Waals surface area contributed by atoms with E-state index in [-0.39, 0.29) is 103 Å². The van der Waals surface area contributed by atoms with Crippen molar-refractivity contribution in [2.75, 3.05) is 28.4 Å². The average molecular weight is 732 g/mol. The van der Waals surface area contributed by atoms with Crippen LogP contribution in [0.2, 0.25) is 0 Å². The highest BCUT2D eigenvalue weighted by Gasteiger charge is 2.53. The number of esters is 1. The first kappa shape index (κ1) is 40.0. The van der Waals surface area contributed by atoms with Gasteiger partial charge in [-0.05, 0) is 108 Å². The van der Waals surface area contributed by atoms with Gasteiger partial charge in [0, 0.05) is 39.2 Å². The SMILES string of the molecule is CC[C@H]1CCC[C@H](O[C@H]2CC[C@H](NC)[C@@H](C)O2)[C@@H](C)C(=O)C2=C[C@@H]3[C@H](C=C(C)[C@H]4C[C@H](O[C@@H]5O[C@@H](C)[C@H](OC)[C@@H](OC)[C@H]5OC)C[C@H]34)[C@@H]2CC(=O)O1. The van der Waals surface area contributed by atoms with Crippen molar-refractivity contribution in [3.05, 3.63) is 23.3 Å². The third kappa shape index (κ3) is 8.13. The molecule has 17 atom stereocenters. The lowest BCUT2D eigenvalue weighted by Crippen LogP contribution is -2.59. The van der Waals surface area contributed by atoms with Crippen molar-refractivity contribution >= 4 is 11.8 Å². The van der Waals surface area contributed by atoms with Gasteiger partial charge in [0.25, 0.3) is 0 Å². The van der Waals surface area contributed by atoms with E-state index >= 15 is 0 Å². The summed E-state index contributed by atoms with van der Waals surface area (Å²) in [6, 6.07) is 0.286. The second kappa shape index (κ2) is 17.4. The molecule has 52 heavy (non-hydrogen) atoms. The van der Waals surface area contributed by atoms with Crippen LogP contribution in [0.25, 0.3) is 0 Å². The number of cyclic esters (lactones) is 1. The maximum absolute atomic E-state index is 14.7. The van der Waals surface area contributed by atoms with Crippen molar-refractivity contribution in [1.29, 1.82) is 0 Å². The van der Waals surface area contributed by atoms with E-state index in [1.165, 1.54) is 5.57 Å². The zero-order valence-corrected chi connectivity index (χ0v) is 32.9. The van der Waals surface area contributed by atoms with Crippen LogP contribution in [-0.2, 0) is 47.5 Å². The lowest BCUT2D eigenvalue weighted by molar-refractivity contribution is -0.314. The first-order valence-corrected chi connectivity index (χ1v) is 20.0. The van der Waals surface area contributed by atoms with Crippen LogP contribution in [0.15, 0.2) is 23.3 Å². The molecule has 4 fully saturated rings. The highest BCUT2D eigenvalue weighted by molar-refractivity contribution is 5.99. The minimum Gasteiger partial charge on any atom is -0.462 e. The first-order chi connectivity index (χ1) is 25.0. The zero-order chi connectivity index (χ0) is 37.3. The molecule has 0 aromatic rings. The maximum atomic E-state index is 14.7. The number of methoxy groups -OCH3 is 3. The number of likely N-dealkylation sites (N-methyl/N-ethyl adjacent to an activating group) is 1. The minimum atomic E-state index is -0.598. The van der Waals surface area contributed by atoms with Crippen LogP contribution in [0.1, 0.15) is 92.4 Å². The van der Waals surface area contributed by atoms with Gasteiger partial charge in [-0.2, -0.15) is 0 Å². The van der Waals surface area contributed by atoms with Crippen molar-refractivity contribution < 1.29 is 47.5 Å². The van der Waals surface area contributed by atoms with E-state index in [4.69, 9.17) is 37.9 Å². The molecule has 1 saturated carbocycles. The Morgan fingerprint density at radius 3 is 2.25 bits per heavy atom. The van der Waals surface area contributed by atoms with Crippen LogP contribution in [0.4, 0.5) is 0 Å². The number of fused-ring (bicyclic) bond motifs is 5. The fraction of sp³-hybridized carbons (Fsp3) is 0.854. The normalized spacial score (nSPS) is 45.8. The summed E-state index contributed by atoms with van der Waals surface area (Å²) in [5.41, 5.74) is 2.07. The van der Waals surface area contributed by atoms with E-state index in [0.717, 1.165) is 50.5 Å². The molecule has 3 aliphatic carbocycles. The van der Waals surface area contributed by atoms with Gasteiger partial charge in [0.1, 0.15) is 24.4 Å². The lowest BCUT2D eigenvalue weighted by Gasteiger charge is -2.44. The molecule has 3 aliphatic heterocycles.